The summed E-state index contributed by atoms with van der Waals surface area (Å²) in [5.74, 6) is 0.600. The fourth-order valence-electron chi connectivity index (χ4n) is 2.33. The lowest BCUT2D eigenvalue weighted by atomic mass is 9.96. The average Bonchev–Trinajstić information content (AvgIpc) is 2.39. The molecule has 0 bridgehead atoms. The van der Waals surface area contributed by atoms with Gasteiger partial charge in [-0.1, -0.05) is 26.0 Å². The Bertz CT molecular complexity index is 339. The van der Waals surface area contributed by atoms with Gasteiger partial charge in [-0.3, -0.25) is 0 Å². The SMILES string of the molecule is CCCNC(Cc1ccc(I)cc1)CC(C)COC. The van der Waals surface area contributed by atoms with Crippen LogP contribution in [0.25, 0.3) is 0 Å². The number of benzene rings is 1. The van der Waals surface area contributed by atoms with E-state index in [0.717, 1.165) is 19.6 Å². The molecule has 2 unspecified atom stereocenters. The summed E-state index contributed by atoms with van der Waals surface area (Å²) in [4.78, 5) is 0. The highest BCUT2D eigenvalue weighted by Gasteiger charge is 2.13. The Kier molecular flexibility index (Phi) is 8.66. The molecule has 0 amide bonds. The van der Waals surface area contributed by atoms with Gasteiger partial charge in [0.2, 0.25) is 0 Å². The number of halogens is 1. The Labute approximate surface area is 131 Å². The molecule has 108 valence electrons. The van der Waals surface area contributed by atoms with Gasteiger partial charge in [-0.15, -0.1) is 0 Å². The van der Waals surface area contributed by atoms with Crippen LogP contribution in [0.4, 0.5) is 0 Å². The third-order valence-corrected chi connectivity index (χ3v) is 3.94. The van der Waals surface area contributed by atoms with Crippen LogP contribution in [0.2, 0.25) is 0 Å². The van der Waals surface area contributed by atoms with E-state index in [0.29, 0.717) is 12.0 Å². The predicted molar refractivity (Wildman–Crippen MR) is 90.6 cm³/mol. The van der Waals surface area contributed by atoms with Crippen LogP contribution in [0.15, 0.2) is 24.3 Å². The zero-order valence-corrected chi connectivity index (χ0v) is 14.4. The standard InChI is InChI=1S/C16H26INO/c1-4-9-18-16(10-13(2)12-19-3)11-14-5-7-15(17)8-6-14/h5-8,13,16,18H,4,9-12H2,1-3H3. The highest BCUT2D eigenvalue weighted by atomic mass is 127. The molecule has 1 N–H and O–H groups in total. The maximum atomic E-state index is 5.25. The van der Waals surface area contributed by atoms with Gasteiger partial charge in [-0.25, -0.2) is 0 Å². The lowest BCUT2D eigenvalue weighted by Gasteiger charge is -2.22. The summed E-state index contributed by atoms with van der Waals surface area (Å²) in [5.41, 5.74) is 1.42. The smallest absolute Gasteiger partial charge is 0.0488 e. The van der Waals surface area contributed by atoms with Crippen molar-refractivity contribution in [2.75, 3.05) is 20.3 Å². The molecule has 0 fully saturated rings. The number of hydrogen-bond acceptors (Lipinski definition) is 2. The van der Waals surface area contributed by atoms with Crippen molar-refractivity contribution in [3.05, 3.63) is 33.4 Å². The van der Waals surface area contributed by atoms with E-state index in [1.807, 2.05) is 0 Å². The molecule has 1 aromatic rings. The van der Waals surface area contributed by atoms with E-state index in [1.165, 1.54) is 22.0 Å². The maximum Gasteiger partial charge on any atom is 0.0488 e. The van der Waals surface area contributed by atoms with Crippen molar-refractivity contribution < 1.29 is 4.74 Å². The quantitative estimate of drug-likeness (QED) is 0.662. The van der Waals surface area contributed by atoms with Crippen molar-refractivity contribution in [2.24, 2.45) is 5.92 Å². The van der Waals surface area contributed by atoms with Gasteiger partial charge >= 0.3 is 0 Å². The second kappa shape index (κ2) is 9.72. The summed E-state index contributed by atoms with van der Waals surface area (Å²) >= 11 is 2.35. The number of rotatable bonds is 9. The van der Waals surface area contributed by atoms with Crippen molar-refractivity contribution in [3.63, 3.8) is 0 Å². The molecule has 3 heteroatoms. The first-order valence-corrected chi connectivity index (χ1v) is 8.20. The summed E-state index contributed by atoms with van der Waals surface area (Å²) in [6.45, 7) is 6.41. The highest BCUT2D eigenvalue weighted by molar-refractivity contribution is 14.1. The Balaban J connectivity index is 2.54. The lowest BCUT2D eigenvalue weighted by molar-refractivity contribution is 0.149. The predicted octanol–water partition coefficient (Wildman–Crippen LogP) is 3.87. The highest BCUT2D eigenvalue weighted by Crippen LogP contribution is 2.14. The molecule has 0 aliphatic carbocycles. The molecule has 0 spiro atoms. The van der Waals surface area contributed by atoms with E-state index < -0.39 is 0 Å². The third kappa shape index (κ3) is 7.28. The molecule has 1 aromatic carbocycles. The Hall–Kier alpha value is -0.130. The van der Waals surface area contributed by atoms with Gasteiger partial charge in [0.15, 0.2) is 0 Å². The molecule has 19 heavy (non-hydrogen) atoms. The monoisotopic (exact) mass is 375 g/mol. The van der Waals surface area contributed by atoms with Crippen LogP contribution in [0.5, 0.6) is 0 Å². The Morgan fingerprint density at radius 1 is 1.26 bits per heavy atom. The molecular formula is C16H26INO. The van der Waals surface area contributed by atoms with Gasteiger partial charge in [0, 0.05) is 23.3 Å². The third-order valence-electron chi connectivity index (χ3n) is 3.22. The molecule has 2 atom stereocenters. The summed E-state index contributed by atoms with van der Waals surface area (Å²) in [5, 5.41) is 3.66. The van der Waals surface area contributed by atoms with Crippen LogP contribution >= 0.6 is 22.6 Å². The average molecular weight is 375 g/mol. The van der Waals surface area contributed by atoms with E-state index in [-0.39, 0.29) is 0 Å². The van der Waals surface area contributed by atoms with Crippen LogP contribution < -0.4 is 5.32 Å². The fraction of sp³-hybridized carbons (Fsp3) is 0.625. The van der Waals surface area contributed by atoms with Gasteiger partial charge in [0.05, 0.1) is 0 Å². The number of nitrogens with one attached hydrogen (secondary N) is 1. The number of methoxy groups -OCH3 is 1. The normalized spacial score (nSPS) is 14.3. The van der Waals surface area contributed by atoms with Crippen molar-refractivity contribution >= 4 is 22.6 Å². The summed E-state index contributed by atoms with van der Waals surface area (Å²) < 4.78 is 6.54. The fourth-order valence-corrected chi connectivity index (χ4v) is 2.69. The molecule has 0 heterocycles. The van der Waals surface area contributed by atoms with E-state index in [4.69, 9.17) is 4.74 Å². The molecule has 0 saturated heterocycles. The lowest BCUT2D eigenvalue weighted by Crippen LogP contribution is -2.34. The van der Waals surface area contributed by atoms with Crippen molar-refractivity contribution in [2.45, 2.75) is 39.2 Å². The Morgan fingerprint density at radius 2 is 1.95 bits per heavy atom. The van der Waals surface area contributed by atoms with E-state index >= 15 is 0 Å². The summed E-state index contributed by atoms with van der Waals surface area (Å²) in [7, 11) is 1.78. The summed E-state index contributed by atoms with van der Waals surface area (Å²) in [6.07, 6.45) is 3.45. The van der Waals surface area contributed by atoms with E-state index in [1.54, 1.807) is 7.11 Å². The molecule has 0 aromatic heterocycles. The first-order valence-electron chi connectivity index (χ1n) is 7.12. The van der Waals surface area contributed by atoms with Crippen LogP contribution in [-0.2, 0) is 11.2 Å². The molecule has 0 aliphatic rings. The van der Waals surface area contributed by atoms with Crippen molar-refractivity contribution in [1.29, 1.82) is 0 Å². The zero-order chi connectivity index (χ0) is 14.1. The zero-order valence-electron chi connectivity index (χ0n) is 12.3. The first-order chi connectivity index (χ1) is 9.15. The molecule has 0 aliphatic heterocycles. The molecule has 0 radical (unpaired) electrons. The first kappa shape index (κ1) is 16.9. The second-order valence-electron chi connectivity index (χ2n) is 5.28. The molecule has 2 nitrogen and oxygen atoms in total. The van der Waals surface area contributed by atoms with Crippen molar-refractivity contribution in [1.82, 2.24) is 5.32 Å². The topological polar surface area (TPSA) is 21.3 Å². The van der Waals surface area contributed by atoms with Crippen LogP contribution in [0, 0.1) is 9.49 Å². The van der Waals surface area contributed by atoms with Gasteiger partial charge < -0.3 is 10.1 Å². The largest absolute Gasteiger partial charge is 0.384 e. The minimum atomic E-state index is 0.546. The molecular weight excluding hydrogens is 349 g/mol. The van der Waals surface area contributed by atoms with Gasteiger partial charge in [-0.2, -0.15) is 0 Å². The molecule has 0 saturated carbocycles. The minimum absolute atomic E-state index is 0.546. The van der Waals surface area contributed by atoms with Crippen LogP contribution in [0.1, 0.15) is 32.3 Å². The van der Waals surface area contributed by atoms with Gasteiger partial charge in [0.1, 0.15) is 0 Å². The molecule has 1 rings (SSSR count). The number of hydrogen-bond donors (Lipinski definition) is 1. The number of ether oxygens (including phenoxy) is 1. The van der Waals surface area contributed by atoms with Crippen LogP contribution in [0.3, 0.4) is 0 Å². The van der Waals surface area contributed by atoms with E-state index in [2.05, 4.69) is 66.0 Å². The van der Waals surface area contributed by atoms with Gasteiger partial charge in [0.25, 0.3) is 0 Å². The summed E-state index contributed by atoms with van der Waals surface area (Å²) in [6, 6.07) is 9.40. The van der Waals surface area contributed by atoms with Crippen molar-refractivity contribution in [3.8, 4) is 0 Å². The van der Waals surface area contributed by atoms with E-state index in [9.17, 15) is 0 Å². The Morgan fingerprint density at radius 3 is 2.53 bits per heavy atom. The van der Waals surface area contributed by atoms with Gasteiger partial charge in [-0.05, 0) is 72.0 Å². The van der Waals surface area contributed by atoms with Crippen LogP contribution in [-0.4, -0.2) is 26.3 Å². The second-order valence-corrected chi connectivity index (χ2v) is 6.52. The maximum absolute atomic E-state index is 5.25. The minimum Gasteiger partial charge on any atom is -0.384 e.